The van der Waals surface area contributed by atoms with Crippen molar-refractivity contribution >= 4 is 11.4 Å². The molecule has 1 N–H and O–H groups in total. The molecule has 21 heavy (non-hydrogen) atoms. The molecule has 1 unspecified atom stereocenters. The zero-order chi connectivity index (χ0) is 15.2. The first kappa shape index (κ1) is 15.8. The Labute approximate surface area is 126 Å². The van der Waals surface area contributed by atoms with Crippen LogP contribution in [-0.4, -0.2) is 29.5 Å². The van der Waals surface area contributed by atoms with Gasteiger partial charge in [-0.1, -0.05) is 32.4 Å². The van der Waals surface area contributed by atoms with E-state index in [2.05, 4.69) is 24.1 Å². The summed E-state index contributed by atoms with van der Waals surface area (Å²) in [6.45, 7) is 8.05. The highest BCUT2D eigenvalue weighted by molar-refractivity contribution is 5.66. The molecule has 0 spiro atoms. The number of hydrogen-bond acceptors (Lipinski definition) is 4. The van der Waals surface area contributed by atoms with Crippen molar-refractivity contribution in [1.29, 1.82) is 0 Å². The number of anilines is 1. The van der Waals surface area contributed by atoms with Crippen molar-refractivity contribution in [3.05, 3.63) is 33.9 Å². The molecule has 2 rings (SSSR count). The molecule has 0 saturated carbocycles. The fraction of sp³-hybridized carbons (Fsp3) is 0.625. The van der Waals surface area contributed by atoms with E-state index in [9.17, 15) is 10.1 Å². The van der Waals surface area contributed by atoms with Gasteiger partial charge in [-0.3, -0.25) is 15.0 Å². The summed E-state index contributed by atoms with van der Waals surface area (Å²) in [5.41, 5.74) is 1.92. The fourth-order valence-electron chi connectivity index (χ4n) is 2.96. The minimum absolute atomic E-state index is 0.187. The second kappa shape index (κ2) is 7.41. The summed E-state index contributed by atoms with van der Waals surface area (Å²) in [7, 11) is 0. The number of para-hydroxylation sites is 1. The van der Waals surface area contributed by atoms with E-state index in [4.69, 9.17) is 0 Å². The van der Waals surface area contributed by atoms with Crippen LogP contribution >= 0.6 is 0 Å². The Morgan fingerprint density at radius 3 is 2.86 bits per heavy atom. The molecule has 1 fully saturated rings. The lowest BCUT2D eigenvalue weighted by Gasteiger charge is -2.19. The van der Waals surface area contributed by atoms with Gasteiger partial charge in [0.15, 0.2) is 0 Å². The summed E-state index contributed by atoms with van der Waals surface area (Å²) in [6, 6.07) is 5.38. The molecule has 1 aromatic carbocycles. The monoisotopic (exact) mass is 291 g/mol. The van der Waals surface area contributed by atoms with E-state index >= 15 is 0 Å². The molecule has 1 aromatic rings. The normalized spacial score (nSPS) is 18.9. The number of benzene rings is 1. The molecule has 1 aliphatic heterocycles. The topological polar surface area (TPSA) is 58.4 Å². The summed E-state index contributed by atoms with van der Waals surface area (Å²) in [5.74, 6) is 0.774. The van der Waals surface area contributed by atoms with E-state index in [-0.39, 0.29) is 10.6 Å². The van der Waals surface area contributed by atoms with Crippen LogP contribution in [0.15, 0.2) is 18.2 Å². The van der Waals surface area contributed by atoms with Crippen LogP contribution in [0, 0.1) is 16.0 Å². The van der Waals surface area contributed by atoms with Crippen LogP contribution in [0.3, 0.4) is 0 Å². The lowest BCUT2D eigenvalue weighted by molar-refractivity contribution is -0.384. The van der Waals surface area contributed by atoms with Gasteiger partial charge < -0.3 is 5.32 Å². The summed E-state index contributed by atoms with van der Waals surface area (Å²) >= 11 is 0. The SMILES string of the molecule is CCCNc1c(CN2CCC(CC)C2)cccc1[N+](=O)[O-]. The van der Waals surface area contributed by atoms with Gasteiger partial charge in [0.05, 0.1) is 4.92 Å². The van der Waals surface area contributed by atoms with Crippen LogP contribution in [-0.2, 0) is 6.54 Å². The molecule has 0 bridgehead atoms. The Morgan fingerprint density at radius 1 is 1.43 bits per heavy atom. The quantitative estimate of drug-likeness (QED) is 0.615. The molecular formula is C16H25N3O2. The predicted octanol–water partition coefficient (Wildman–Crippen LogP) is 3.65. The first-order chi connectivity index (χ1) is 10.2. The molecule has 1 saturated heterocycles. The second-order valence-electron chi connectivity index (χ2n) is 5.79. The lowest BCUT2D eigenvalue weighted by Crippen LogP contribution is -2.21. The van der Waals surface area contributed by atoms with Crippen LogP contribution in [0.25, 0.3) is 0 Å². The smallest absolute Gasteiger partial charge is 0.292 e. The van der Waals surface area contributed by atoms with Crippen molar-refractivity contribution in [2.75, 3.05) is 25.0 Å². The molecule has 0 aliphatic carbocycles. The van der Waals surface area contributed by atoms with E-state index in [1.54, 1.807) is 12.1 Å². The maximum atomic E-state index is 11.2. The number of nitrogens with zero attached hydrogens (tertiary/aromatic N) is 2. The fourth-order valence-corrected chi connectivity index (χ4v) is 2.96. The summed E-state index contributed by atoms with van der Waals surface area (Å²) < 4.78 is 0. The van der Waals surface area contributed by atoms with Gasteiger partial charge in [-0.2, -0.15) is 0 Å². The van der Waals surface area contributed by atoms with Crippen LogP contribution in [0.5, 0.6) is 0 Å². The van der Waals surface area contributed by atoms with Crippen molar-refractivity contribution < 1.29 is 4.92 Å². The highest BCUT2D eigenvalue weighted by atomic mass is 16.6. The number of nitrogens with one attached hydrogen (secondary N) is 1. The lowest BCUT2D eigenvalue weighted by atomic mass is 10.1. The van der Waals surface area contributed by atoms with E-state index in [0.29, 0.717) is 5.69 Å². The largest absolute Gasteiger partial charge is 0.379 e. The van der Waals surface area contributed by atoms with E-state index in [1.807, 2.05) is 6.07 Å². The Bertz CT molecular complexity index is 490. The zero-order valence-corrected chi connectivity index (χ0v) is 13.0. The van der Waals surface area contributed by atoms with Crippen molar-refractivity contribution in [2.45, 2.75) is 39.7 Å². The molecular weight excluding hydrogens is 266 g/mol. The van der Waals surface area contributed by atoms with E-state index in [0.717, 1.165) is 44.1 Å². The molecule has 1 aliphatic rings. The maximum absolute atomic E-state index is 11.2. The highest BCUT2D eigenvalue weighted by Crippen LogP contribution is 2.30. The van der Waals surface area contributed by atoms with Crippen LogP contribution < -0.4 is 5.32 Å². The average Bonchev–Trinajstić information content (AvgIpc) is 2.93. The molecule has 0 radical (unpaired) electrons. The molecule has 0 amide bonds. The summed E-state index contributed by atoms with van der Waals surface area (Å²) in [4.78, 5) is 13.3. The maximum Gasteiger partial charge on any atom is 0.292 e. The number of nitro benzene ring substituents is 1. The third kappa shape index (κ3) is 3.94. The van der Waals surface area contributed by atoms with Gasteiger partial charge in [0.25, 0.3) is 5.69 Å². The summed E-state index contributed by atoms with van der Waals surface area (Å²) in [5, 5.41) is 14.5. The van der Waals surface area contributed by atoms with Gasteiger partial charge in [0, 0.05) is 25.7 Å². The third-order valence-corrected chi connectivity index (χ3v) is 4.22. The predicted molar refractivity (Wildman–Crippen MR) is 85.6 cm³/mol. The van der Waals surface area contributed by atoms with E-state index < -0.39 is 0 Å². The van der Waals surface area contributed by atoms with Crippen LogP contribution in [0.4, 0.5) is 11.4 Å². The van der Waals surface area contributed by atoms with Gasteiger partial charge in [-0.15, -0.1) is 0 Å². The van der Waals surface area contributed by atoms with Crippen molar-refractivity contribution in [1.82, 2.24) is 4.90 Å². The van der Waals surface area contributed by atoms with Gasteiger partial charge >= 0.3 is 0 Å². The number of rotatable bonds is 7. The minimum atomic E-state index is -0.291. The summed E-state index contributed by atoms with van der Waals surface area (Å²) in [6.07, 6.45) is 3.41. The molecule has 5 nitrogen and oxygen atoms in total. The Hall–Kier alpha value is -1.62. The molecule has 1 heterocycles. The van der Waals surface area contributed by atoms with Crippen molar-refractivity contribution in [2.24, 2.45) is 5.92 Å². The minimum Gasteiger partial charge on any atom is -0.379 e. The Morgan fingerprint density at radius 2 is 2.24 bits per heavy atom. The highest BCUT2D eigenvalue weighted by Gasteiger charge is 2.23. The van der Waals surface area contributed by atoms with Gasteiger partial charge in [-0.25, -0.2) is 0 Å². The van der Waals surface area contributed by atoms with Gasteiger partial charge in [-0.05, 0) is 30.9 Å². The Balaban J connectivity index is 2.17. The average molecular weight is 291 g/mol. The van der Waals surface area contributed by atoms with Crippen molar-refractivity contribution in [3.8, 4) is 0 Å². The number of hydrogen-bond donors (Lipinski definition) is 1. The first-order valence-electron chi connectivity index (χ1n) is 7.88. The molecule has 0 aromatic heterocycles. The zero-order valence-electron chi connectivity index (χ0n) is 13.0. The molecule has 116 valence electrons. The number of nitro groups is 1. The van der Waals surface area contributed by atoms with E-state index in [1.165, 1.54) is 12.8 Å². The van der Waals surface area contributed by atoms with Crippen molar-refractivity contribution in [3.63, 3.8) is 0 Å². The number of likely N-dealkylation sites (tertiary alicyclic amines) is 1. The standard InChI is InChI=1S/C16H25N3O2/c1-3-9-17-16-14(6-5-7-15(16)19(20)21)12-18-10-8-13(4-2)11-18/h5-7,13,17H,3-4,8-12H2,1-2H3. The molecule has 1 atom stereocenters. The van der Waals surface area contributed by atoms with Gasteiger partial charge in [0.2, 0.25) is 0 Å². The third-order valence-electron chi connectivity index (χ3n) is 4.22. The molecule has 5 heteroatoms. The first-order valence-corrected chi connectivity index (χ1v) is 7.88. The van der Waals surface area contributed by atoms with Crippen LogP contribution in [0.2, 0.25) is 0 Å². The van der Waals surface area contributed by atoms with Crippen LogP contribution in [0.1, 0.15) is 38.7 Å². The Kier molecular flexibility index (Phi) is 5.56. The second-order valence-corrected chi connectivity index (χ2v) is 5.79. The van der Waals surface area contributed by atoms with Gasteiger partial charge in [0.1, 0.15) is 5.69 Å².